The van der Waals surface area contributed by atoms with Crippen LogP contribution in [0, 0.1) is 0 Å². The fourth-order valence-corrected chi connectivity index (χ4v) is 2.37. The zero-order chi connectivity index (χ0) is 13.4. The van der Waals surface area contributed by atoms with Crippen molar-refractivity contribution in [2.24, 2.45) is 0 Å². The number of nitrogens with zero attached hydrogens (tertiary/aromatic N) is 2. The molecule has 3 nitrogen and oxygen atoms in total. The molecular formula is C15H14BrN3. The summed E-state index contributed by atoms with van der Waals surface area (Å²) in [6.45, 7) is 4.38. The normalized spacial score (nSPS) is 11.4. The molecule has 0 aliphatic heterocycles. The van der Waals surface area contributed by atoms with Gasteiger partial charge in [-0.1, -0.05) is 38.1 Å². The molecule has 0 aliphatic rings. The van der Waals surface area contributed by atoms with E-state index in [1.54, 1.807) is 6.20 Å². The van der Waals surface area contributed by atoms with Gasteiger partial charge in [-0.25, -0.2) is 9.97 Å². The first-order valence-electron chi connectivity index (χ1n) is 6.25. The Kier molecular flexibility index (Phi) is 3.11. The predicted octanol–water partition coefficient (Wildman–Crippen LogP) is 4.51. The number of imidazole rings is 1. The molecule has 19 heavy (non-hydrogen) atoms. The number of nitrogens with one attached hydrogen (secondary N) is 1. The summed E-state index contributed by atoms with van der Waals surface area (Å²) in [7, 11) is 0. The number of halogens is 1. The maximum absolute atomic E-state index is 4.51. The highest BCUT2D eigenvalue weighted by molar-refractivity contribution is 9.10. The van der Waals surface area contributed by atoms with Gasteiger partial charge in [-0.3, -0.25) is 0 Å². The Labute approximate surface area is 120 Å². The average Bonchev–Trinajstić information content (AvgIpc) is 2.81. The molecule has 0 fully saturated rings. The molecule has 0 saturated heterocycles. The van der Waals surface area contributed by atoms with Crippen LogP contribution < -0.4 is 0 Å². The van der Waals surface area contributed by atoms with Gasteiger partial charge in [-0.2, -0.15) is 0 Å². The molecule has 1 aromatic carbocycles. The minimum absolute atomic E-state index is 0.544. The van der Waals surface area contributed by atoms with Gasteiger partial charge in [0.25, 0.3) is 0 Å². The molecule has 0 saturated carbocycles. The van der Waals surface area contributed by atoms with E-state index in [9.17, 15) is 0 Å². The molecule has 0 bridgehead atoms. The number of fused-ring (bicyclic) bond motifs is 1. The predicted molar refractivity (Wildman–Crippen MR) is 81.1 cm³/mol. The van der Waals surface area contributed by atoms with Gasteiger partial charge in [0.05, 0.1) is 5.52 Å². The molecule has 2 aromatic heterocycles. The van der Waals surface area contributed by atoms with Crippen molar-refractivity contribution in [3.05, 3.63) is 46.6 Å². The largest absolute Gasteiger partial charge is 0.337 e. The highest BCUT2D eigenvalue weighted by atomic mass is 79.9. The molecule has 1 N–H and O–H groups in total. The molecule has 0 aliphatic carbocycles. The average molecular weight is 316 g/mol. The van der Waals surface area contributed by atoms with E-state index in [4.69, 9.17) is 0 Å². The van der Waals surface area contributed by atoms with E-state index in [1.165, 1.54) is 5.56 Å². The third-order valence-electron chi connectivity index (χ3n) is 3.15. The lowest BCUT2D eigenvalue weighted by Crippen LogP contribution is -1.87. The molecule has 3 rings (SSSR count). The third-order valence-corrected chi connectivity index (χ3v) is 3.59. The van der Waals surface area contributed by atoms with Crippen LogP contribution in [0.1, 0.15) is 25.3 Å². The van der Waals surface area contributed by atoms with E-state index < -0.39 is 0 Å². The van der Waals surface area contributed by atoms with Crippen LogP contribution in [0.25, 0.3) is 22.6 Å². The van der Waals surface area contributed by atoms with Crippen molar-refractivity contribution in [1.29, 1.82) is 0 Å². The molecule has 0 amide bonds. The van der Waals surface area contributed by atoms with Gasteiger partial charge in [-0.15, -0.1) is 0 Å². The molecule has 0 spiro atoms. The number of H-pyrrole nitrogens is 1. The summed E-state index contributed by atoms with van der Waals surface area (Å²) in [5.74, 6) is 1.40. The highest BCUT2D eigenvalue weighted by Crippen LogP contribution is 2.23. The van der Waals surface area contributed by atoms with Crippen LogP contribution in [0.5, 0.6) is 0 Å². The number of hydrogen-bond donors (Lipinski definition) is 1. The number of aromatic nitrogens is 3. The maximum atomic E-state index is 4.51. The lowest BCUT2D eigenvalue weighted by Gasteiger charge is -2.05. The van der Waals surface area contributed by atoms with Crippen molar-refractivity contribution in [3.63, 3.8) is 0 Å². The van der Waals surface area contributed by atoms with Gasteiger partial charge in [0, 0.05) is 16.2 Å². The molecule has 3 aromatic rings. The number of benzene rings is 1. The van der Waals surface area contributed by atoms with E-state index in [-0.39, 0.29) is 0 Å². The zero-order valence-electron chi connectivity index (χ0n) is 10.8. The van der Waals surface area contributed by atoms with Crippen molar-refractivity contribution >= 4 is 27.1 Å². The fourth-order valence-electron chi connectivity index (χ4n) is 2.04. The SMILES string of the molecule is CC(C)c1ccc(-c2nc3ncc(Br)cc3[nH]2)cc1. The lowest BCUT2D eigenvalue weighted by molar-refractivity contribution is 0.867. The van der Waals surface area contributed by atoms with Gasteiger partial charge in [-0.05, 0) is 33.5 Å². The second kappa shape index (κ2) is 4.78. The van der Waals surface area contributed by atoms with Crippen LogP contribution >= 0.6 is 15.9 Å². The quantitative estimate of drug-likeness (QED) is 0.756. The van der Waals surface area contributed by atoms with E-state index in [0.717, 1.165) is 27.0 Å². The number of aromatic amines is 1. The van der Waals surface area contributed by atoms with E-state index >= 15 is 0 Å². The Balaban J connectivity index is 2.03. The van der Waals surface area contributed by atoms with Gasteiger partial charge in [0.15, 0.2) is 5.65 Å². The minimum Gasteiger partial charge on any atom is -0.337 e. The number of hydrogen-bond acceptors (Lipinski definition) is 2. The van der Waals surface area contributed by atoms with Crippen LogP contribution in [0.15, 0.2) is 41.0 Å². The Morgan fingerprint density at radius 3 is 2.58 bits per heavy atom. The van der Waals surface area contributed by atoms with Gasteiger partial charge >= 0.3 is 0 Å². The Morgan fingerprint density at radius 1 is 1.16 bits per heavy atom. The summed E-state index contributed by atoms with van der Waals surface area (Å²) in [6.07, 6.45) is 1.76. The summed E-state index contributed by atoms with van der Waals surface area (Å²) < 4.78 is 0.949. The minimum atomic E-state index is 0.544. The second-order valence-electron chi connectivity index (χ2n) is 4.89. The molecule has 96 valence electrons. The first-order valence-corrected chi connectivity index (χ1v) is 7.04. The van der Waals surface area contributed by atoms with Crippen LogP contribution in [-0.2, 0) is 0 Å². The standard InChI is InChI=1S/C15H14BrN3/c1-9(2)10-3-5-11(6-4-10)14-18-13-7-12(16)8-17-15(13)19-14/h3-9H,1-2H3,(H,17,18,19). The first kappa shape index (κ1) is 12.4. The Hall–Kier alpha value is -1.68. The van der Waals surface area contributed by atoms with Crippen molar-refractivity contribution in [3.8, 4) is 11.4 Å². The van der Waals surface area contributed by atoms with E-state index in [1.807, 2.05) is 6.07 Å². The highest BCUT2D eigenvalue weighted by Gasteiger charge is 2.07. The van der Waals surface area contributed by atoms with Crippen molar-refractivity contribution in [2.75, 3.05) is 0 Å². The second-order valence-corrected chi connectivity index (χ2v) is 5.80. The molecule has 0 unspecified atom stereocenters. The van der Waals surface area contributed by atoms with Crippen LogP contribution in [0.2, 0.25) is 0 Å². The van der Waals surface area contributed by atoms with Gasteiger partial charge < -0.3 is 4.98 Å². The third kappa shape index (κ3) is 2.40. The molecule has 0 atom stereocenters. The zero-order valence-corrected chi connectivity index (χ0v) is 12.4. The Morgan fingerprint density at radius 2 is 1.89 bits per heavy atom. The monoisotopic (exact) mass is 315 g/mol. The van der Waals surface area contributed by atoms with E-state index in [2.05, 4.69) is 69.0 Å². The molecule has 2 heterocycles. The summed E-state index contributed by atoms with van der Waals surface area (Å²) in [4.78, 5) is 12.1. The summed E-state index contributed by atoms with van der Waals surface area (Å²) in [5.41, 5.74) is 4.10. The Bertz CT molecular complexity index is 714. The van der Waals surface area contributed by atoms with Gasteiger partial charge in [0.1, 0.15) is 5.82 Å². The number of pyridine rings is 1. The topological polar surface area (TPSA) is 41.6 Å². The lowest BCUT2D eigenvalue weighted by atomic mass is 10.0. The van der Waals surface area contributed by atoms with Crippen LogP contribution in [0.4, 0.5) is 0 Å². The molecular weight excluding hydrogens is 302 g/mol. The smallest absolute Gasteiger partial charge is 0.178 e. The van der Waals surface area contributed by atoms with Crippen LogP contribution in [-0.4, -0.2) is 15.0 Å². The number of rotatable bonds is 2. The molecule has 0 radical (unpaired) electrons. The first-order chi connectivity index (χ1) is 9.13. The summed E-state index contributed by atoms with van der Waals surface area (Å²) in [5, 5.41) is 0. The van der Waals surface area contributed by atoms with Crippen molar-refractivity contribution < 1.29 is 0 Å². The van der Waals surface area contributed by atoms with E-state index in [0.29, 0.717) is 5.92 Å². The van der Waals surface area contributed by atoms with Gasteiger partial charge in [0.2, 0.25) is 0 Å². The van der Waals surface area contributed by atoms with Crippen LogP contribution in [0.3, 0.4) is 0 Å². The summed E-state index contributed by atoms with van der Waals surface area (Å²) >= 11 is 3.41. The summed E-state index contributed by atoms with van der Waals surface area (Å²) in [6, 6.07) is 10.5. The van der Waals surface area contributed by atoms with Crippen molar-refractivity contribution in [1.82, 2.24) is 15.0 Å². The maximum Gasteiger partial charge on any atom is 0.178 e. The molecule has 4 heteroatoms. The van der Waals surface area contributed by atoms with Crippen molar-refractivity contribution in [2.45, 2.75) is 19.8 Å². The fraction of sp³-hybridized carbons (Fsp3) is 0.200.